The summed E-state index contributed by atoms with van der Waals surface area (Å²) >= 11 is 0. The van der Waals surface area contributed by atoms with Crippen LogP contribution in [-0.2, 0) is 9.59 Å². The van der Waals surface area contributed by atoms with Crippen LogP contribution < -0.4 is 16.1 Å². The van der Waals surface area contributed by atoms with Gasteiger partial charge in [0, 0.05) is 7.05 Å². The highest BCUT2D eigenvalue weighted by molar-refractivity contribution is 6.03. The summed E-state index contributed by atoms with van der Waals surface area (Å²) in [6.07, 6.45) is 0. The van der Waals surface area contributed by atoms with Gasteiger partial charge in [0.2, 0.25) is 5.91 Å². The van der Waals surface area contributed by atoms with Crippen LogP contribution in [0.4, 0.5) is 0 Å². The second-order valence-electron chi connectivity index (χ2n) is 1.81. The molecule has 1 atom stereocenters. The molecule has 0 aromatic heterocycles. The summed E-state index contributed by atoms with van der Waals surface area (Å²) in [7, 11) is 2.84. The highest BCUT2D eigenvalue weighted by Gasteiger charge is 2.22. The highest BCUT2D eigenvalue weighted by Crippen LogP contribution is 1.80. The number of rotatable bonds is 3. The molecule has 0 saturated carbocycles. The van der Waals surface area contributed by atoms with Crippen LogP contribution in [0.15, 0.2) is 0 Å². The first kappa shape index (κ1) is 9.86. The summed E-state index contributed by atoms with van der Waals surface area (Å²) in [4.78, 5) is 21.5. The van der Waals surface area contributed by atoms with Gasteiger partial charge in [0.05, 0.1) is 0 Å². The predicted octanol–water partition coefficient (Wildman–Crippen LogP) is -2.17. The molecule has 0 bridgehead atoms. The second kappa shape index (κ2) is 4.64. The fourth-order valence-corrected chi connectivity index (χ4v) is 0.590. The number of hydroxylamine groups is 1. The van der Waals surface area contributed by atoms with E-state index in [0.29, 0.717) is 0 Å². The third kappa shape index (κ3) is 2.52. The standard InChI is InChI=1S/C5H11N3O3/c1-6-3(4(9)7-2)5(10)8-11/h3,6,11H,1-2H3,(H,7,9)(H,8,10). The Morgan fingerprint density at radius 3 is 2.09 bits per heavy atom. The van der Waals surface area contributed by atoms with E-state index >= 15 is 0 Å². The van der Waals surface area contributed by atoms with Crippen LogP contribution in [0.1, 0.15) is 0 Å². The molecule has 0 aliphatic carbocycles. The Hall–Kier alpha value is -1.14. The minimum Gasteiger partial charge on any atom is -0.357 e. The molecule has 6 heteroatoms. The Bertz CT molecular complexity index is 143. The van der Waals surface area contributed by atoms with Gasteiger partial charge in [-0.05, 0) is 7.05 Å². The van der Waals surface area contributed by atoms with Crippen LogP contribution in [0, 0.1) is 0 Å². The maximum atomic E-state index is 10.8. The number of carbonyl (C=O) groups excluding carboxylic acids is 2. The van der Waals surface area contributed by atoms with E-state index in [0.717, 1.165) is 0 Å². The van der Waals surface area contributed by atoms with E-state index in [-0.39, 0.29) is 0 Å². The Labute approximate surface area is 63.9 Å². The van der Waals surface area contributed by atoms with Crippen molar-refractivity contribution < 1.29 is 14.8 Å². The topological polar surface area (TPSA) is 90.5 Å². The van der Waals surface area contributed by atoms with E-state index in [9.17, 15) is 9.59 Å². The monoisotopic (exact) mass is 161 g/mol. The zero-order valence-corrected chi connectivity index (χ0v) is 6.34. The molecule has 0 rings (SSSR count). The summed E-state index contributed by atoms with van der Waals surface area (Å²) in [5.74, 6) is -1.29. The van der Waals surface area contributed by atoms with Crippen molar-refractivity contribution in [2.75, 3.05) is 14.1 Å². The molecular weight excluding hydrogens is 150 g/mol. The van der Waals surface area contributed by atoms with Crippen molar-refractivity contribution in [3.05, 3.63) is 0 Å². The van der Waals surface area contributed by atoms with E-state index in [4.69, 9.17) is 5.21 Å². The van der Waals surface area contributed by atoms with Gasteiger partial charge in [0.25, 0.3) is 5.91 Å². The third-order valence-corrected chi connectivity index (χ3v) is 1.17. The molecule has 0 heterocycles. The molecule has 1 unspecified atom stereocenters. The summed E-state index contributed by atoms with van der Waals surface area (Å²) in [5.41, 5.74) is 1.37. The van der Waals surface area contributed by atoms with Crippen molar-refractivity contribution in [1.82, 2.24) is 16.1 Å². The predicted molar refractivity (Wildman–Crippen MR) is 36.8 cm³/mol. The minimum absolute atomic E-state index is 0.501. The Kier molecular flexibility index (Phi) is 4.16. The fourth-order valence-electron chi connectivity index (χ4n) is 0.590. The van der Waals surface area contributed by atoms with Crippen molar-refractivity contribution in [3.8, 4) is 0 Å². The Morgan fingerprint density at radius 2 is 1.82 bits per heavy atom. The smallest absolute Gasteiger partial charge is 0.270 e. The van der Waals surface area contributed by atoms with Crippen molar-refractivity contribution >= 4 is 11.8 Å². The number of hydrogen-bond acceptors (Lipinski definition) is 4. The zero-order chi connectivity index (χ0) is 8.85. The molecule has 0 radical (unpaired) electrons. The van der Waals surface area contributed by atoms with Gasteiger partial charge >= 0.3 is 0 Å². The van der Waals surface area contributed by atoms with Crippen molar-refractivity contribution in [3.63, 3.8) is 0 Å². The lowest BCUT2D eigenvalue weighted by Gasteiger charge is -2.10. The average Bonchev–Trinajstić information content (AvgIpc) is 2.05. The number of hydrogen-bond donors (Lipinski definition) is 4. The van der Waals surface area contributed by atoms with Crippen LogP contribution >= 0.6 is 0 Å². The Balaban J connectivity index is 4.15. The molecule has 0 spiro atoms. The molecular formula is C5H11N3O3. The van der Waals surface area contributed by atoms with Crippen LogP contribution in [-0.4, -0.2) is 37.2 Å². The zero-order valence-electron chi connectivity index (χ0n) is 6.34. The second-order valence-corrected chi connectivity index (χ2v) is 1.81. The van der Waals surface area contributed by atoms with E-state index in [2.05, 4.69) is 10.6 Å². The molecule has 0 aliphatic rings. The third-order valence-electron chi connectivity index (χ3n) is 1.17. The fraction of sp³-hybridized carbons (Fsp3) is 0.600. The van der Waals surface area contributed by atoms with Crippen LogP contribution in [0.3, 0.4) is 0 Å². The maximum absolute atomic E-state index is 10.8. The number of nitrogens with one attached hydrogen (secondary N) is 3. The molecule has 11 heavy (non-hydrogen) atoms. The average molecular weight is 161 g/mol. The van der Waals surface area contributed by atoms with Gasteiger partial charge in [0.15, 0.2) is 6.04 Å². The molecule has 0 aromatic carbocycles. The molecule has 0 saturated heterocycles. The first-order valence-corrected chi connectivity index (χ1v) is 3.00. The van der Waals surface area contributed by atoms with Crippen LogP contribution in [0.25, 0.3) is 0 Å². The number of amides is 2. The van der Waals surface area contributed by atoms with Crippen molar-refractivity contribution in [1.29, 1.82) is 0 Å². The lowest BCUT2D eigenvalue weighted by Crippen LogP contribution is -2.50. The van der Waals surface area contributed by atoms with Gasteiger partial charge in [-0.1, -0.05) is 0 Å². The van der Waals surface area contributed by atoms with Gasteiger partial charge in [-0.25, -0.2) is 5.48 Å². The number of carbonyl (C=O) groups is 2. The molecule has 0 aromatic rings. The van der Waals surface area contributed by atoms with E-state index < -0.39 is 17.9 Å². The lowest BCUT2D eigenvalue weighted by atomic mass is 10.2. The van der Waals surface area contributed by atoms with Crippen molar-refractivity contribution in [2.24, 2.45) is 0 Å². The summed E-state index contributed by atoms with van der Waals surface area (Å²) in [5, 5.41) is 12.8. The normalized spacial score (nSPS) is 11.9. The van der Waals surface area contributed by atoms with Gasteiger partial charge in [-0.15, -0.1) is 0 Å². The maximum Gasteiger partial charge on any atom is 0.270 e. The number of likely N-dealkylation sites (N-methyl/N-ethyl adjacent to an activating group) is 2. The van der Waals surface area contributed by atoms with E-state index in [1.54, 1.807) is 0 Å². The van der Waals surface area contributed by atoms with Gasteiger partial charge in [-0.3, -0.25) is 14.8 Å². The van der Waals surface area contributed by atoms with Crippen LogP contribution in [0.5, 0.6) is 0 Å². The molecule has 6 nitrogen and oxygen atoms in total. The molecule has 0 fully saturated rings. The van der Waals surface area contributed by atoms with Gasteiger partial charge < -0.3 is 10.6 Å². The molecule has 0 aliphatic heterocycles. The summed E-state index contributed by atoms with van der Waals surface area (Å²) in [6.45, 7) is 0. The first-order chi connectivity index (χ1) is 5.17. The van der Waals surface area contributed by atoms with Gasteiger partial charge in [-0.2, -0.15) is 0 Å². The summed E-state index contributed by atoms with van der Waals surface area (Å²) in [6, 6.07) is -1.05. The molecule has 64 valence electrons. The highest BCUT2D eigenvalue weighted by atomic mass is 16.5. The summed E-state index contributed by atoms with van der Waals surface area (Å²) < 4.78 is 0. The SMILES string of the molecule is CNC(=O)C(NC)C(=O)NO. The van der Waals surface area contributed by atoms with Crippen molar-refractivity contribution in [2.45, 2.75) is 6.04 Å². The largest absolute Gasteiger partial charge is 0.357 e. The first-order valence-electron chi connectivity index (χ1n) is 3.00. The van der Waals surface area contributed by atoms with Crippen LogP contribution in [0.2, 0.25) is 0 Å². The van der Waals surface area contributed by atoms with E-state index in [1.165, 1.54) is 19.6 Å². The minimum atomic E-state index is -1.05. The Morgan fingerprint density at radius 1 is 1.27 bits per heavy atom. The molecule has 4 N–H and O–H groups in total. The quantitative estimate of drug-likeness (QED) is 0.215. The van der Waals surface area contributed by atoms with E-state index in [1.807, 2.05) is 0 Å². The molecule has 2 amide bonds. The lowest BCUT2D eigenvalue weighted by molar-refractivity contribution is -0.137. The van der Waals surface area contributed by atoms with Gasteiger partial charge in [0.1, 0.15) is 0 Å².